The van der Waals surface area contributed by atoms with E-state index >= 15 is 0 Å². The number of hydrogen-bond donors (Lipinski definition) is 1. The highest BCUT2D eigenvalue weighted by Crippen LogP contribution is 2.02. The Morgan fingerprint density at radius 3 is 3.08 bits per heavy atom. The van der Waals surface area contributed by atoms with Crippen LogP contribution in [-0.2, 0) is 11.3 Å². The highest BCUT2D eigenvalue weighted by Gasteiger charge is 2.03. The van der Waals surface area contributed by atoms with Crippen molar-refractivity contribution >= 4 is 5.91 Å². The number of nitrogens with zero attached hydrogens (tertiary/aromatic N) is 1. The van der Waals surface area contributed by atoms with E-state index in [9.17, 15) is 4.79 Å². The number of aromatic nitrogens is 1. The van der Waals surface area contributed by atoms with Crippen LogP contribution >= 0.6 is 0 Å². The van der Waals surface area contributed by atoms with E-state index in [1.165, 1.54) is 12.5 Å². The van der Waals surface area contributed by atoms with Gasteiger partial charge in [-0.3, -0.25) is 4.79 Å². The summed E-state index contributed by atoms with van der Waals surface area (Å²) in [6, 6.07) is 0. The molecular weight excluding hydrogens is 168 g/mol. The molecule has 4 nitrogen and oxygen atoms in total. The Morgan fingerprint density at radius 2 is 2.54 bits per heavy atom. The molecule has 0 atom stereocenters. The molecule has 1 aromatic heterocycles. The lowest BCUT2D eigenvalue weighted by atomic mass is 10.3. The largest absolute Gasteiger partial charge is 0.448 e. The molecule has 1 heterocycles. The number of amides is 1. The van der Waals surface area contributed by atoms with Gasteiger partial charge < -0.3 is 9.73 Å². The van der Waals surface area contributed by atoms with Crippen molar-refractivity contribution in [2.24, 2.45) is 0 Å². The Morgan fingerprint density at radius 1 is 1.77 bits per heavy atom. The topological polar surface area (TPSA) is 55.1 Å². The van der Waals surface area contributed by atoms with Gasteiger partial charge in [-0.1, -0.05) is 6.08 Å². The number of carbonyl (C=O) groups is 1. The molecule has 1 amide bonds. The smallest absolute Gasteiger partial charge is 0.243 e. The van der Waals surface area contributed by atoms with Gasteiger partial charge in [-0.05, 0) is 19.9 Å². The second-order valence-electron chi connectivity index (χ2n) is 2.57. The van der Waals surface area contributed by atoms with E-state index in [1.54, 1.807) is 13.0 Å². The van der Waals surface area contributed by atoms with Crippen LogP contribution in [0.4, 0.5) is 0 Å². The molecule has 1 rings (SSSR count). The van der Waals surface area contributed by atoms with Gasteiger partial charge in [0.1, 0.15) is 11.5 Å². The van der Waals surface area contributed by atoms with Crippen LogP contribution in [0.15, 0.2) is 23.0 Å². The van der Waals surface area contributed by atoms with E-state index in [4.69, 9.17) is 4.42 Å². The number of allylic oxidation sites excluding steroid dienone is 1. The summed E-state index contributed by atoms with van der Waals surface area (Å²) in [7, 11) is 0. The number of oxazole rings is 1. The third kappa shape index (κ3) is 2.74. The lowest BCUT2D eigenvalue weighted by Crippen LogP contribution is -2.20. The van der Waals surface area contributed by atoms with Gasteiger partial charge in [0, 0.05) is 0 Å². The zero-order valence-electron chi connectivity index (χ0n) is 7.70. The average Bonchev–Trinajstić information content (AvgIpc) is 2.48. The first kappa shape index (κ1) is 9.51. The number of carbonyl (C=O) groups excluding carboxylic acids is 1. The fourth-order valence-corrected chi connectivity index (χ4v) is 0.879. The Bertz CT molecular complexity index is 315. The third-order valence-corrected chi connectivity index (χ3v) is 1.59. The highest BCUT2D eigenvalue weighted by molar-refractivity contribution is 5.87. The van der Waals surface area contributed by atoms with Crippen LogP contribution in [0.3, 0.4) is 0 Å². The molecule has 1 aromatic rings. The minimum Gasteiger partial charge on any atom is -0.448 e. The first-order valence-electron chi connectivity index (χ1n) is 4.03. The van der Waals surface area contributed by atoms with Gasteiger partial charge in [0.25, 0.3) is 0 Å². The normalized spacial score (nSPS) is 10.6. The summed E-state index contributed by atoms with van der Waals surface area (Å²) in [6.45, 7) is 4.01. The molecule has 0 fully saturated rings. The summed E-state index contributed by atoms with van der Waals surface area (Å²) in [5.74, 6) is 0.616. The Hall–Kier alpha value is -1.58. The lowest BCUT2D eigenvalue weighted by Gasteiger charge is -1.98. The van der Waals surface area contributed by atoms with Gasteiger partial charge in [-0.15, -0.1) is 0 Å². The van der Waals surface area contributed by atoms with E-state index in [-0.39, 0.29) is 5.91 Å². The van der Waals surface area contributed by atoms with Gasteiger partial charge in [0.2, 0.25) is 5.91 Å². The SMILES string of the molecule is C/C=C/C(=O)NCc1ncoc1C. The molecule has 0 unspecified atom stereocenters. The number of hydrogen-bond acceptors (Lipinski definition) is 3. The number of rotatable bonds is 3. The molecule has 0 aliphatic heterocycles. The summed E-state index contributed by atoms with van der Waals surface area (Å²) in [5, 5.41) is 2.68. The van der Waals surface area contributed by atoms with Crippen LogP contribution in [0, 0.1) is 6.92 Å². The minimum absolute atomic E-state index is 0.120. The highest BCUT2D eigenvalue weighted by atomic mass is 16.3. The summed E-state index contributed by atoms with van der Waals surface area (Å²) < 4.78 is 4.98. The van der Waals surface area contributed by atoms with Crippen LogP contribution in [0.1, 0.15) is 18.4 Å². The van der Waals surface area contributed by atoms with Crippen molar-refractivity contribution in [3.63, 3.8) is 0 Å². The Labute approximate surface area is 76.7 Å². The first-order valence-corrected chi connectivity index (χ1v) is 4.03. The predicted octanol–water partition coefficient (Wildman–Crippen LogP) is 1.18. The number of nitrogens with one attached hydrogen (secondary N) is 1. The fourth-order valence-electron chi connectivity index (χ4n) is 0.879. The molecule has 0 saturated carbocycles. The molecule has 0 aliphatic carbocycles. The van der Waals surface area contributed by atoms with E-state index in [0.29, 0.717) is 6.54 Å². The standard InChI is InChI=1S/C9H12N2O2/c1-3-4-9(12)10-5-8-7(2)13-6-11-8/h3-4,6H,5H2,1-2H3,(H,10,12)/b4-3+. The van der Waals surface area contributed by atoms with Crippen molar-refractivity contribution in [3.8, 4) is 0 Å². The molecule has 0 spiro atoms. The third-order valence-electron chi connectivity index (χ3n) is 1.59. The molecule has 0 saturated heterocycles. The van der Waals surface area contributed by atoms with E-state index in [1.807, 2.05) is 6.92 Å². The van der Waals surface area contributed by atoms with E-state index < -0.39 is 0 Å². The van der Waals surface area contributed by atoms with Gasteiger partial charge >= 0.3 is 0 Å². The molecule has 0 radical (unpaired) electrons. The molecule has 0 aromatic carbocycles. The number of aryl methyl sites for hydroxylation is 1. The average molecular weight is 180 g/mol. The molecule has 0 bridgehead atoms. The molecule has 1 N–H and O–H groups in total. The second kappa shape index (κ2) is 4.45. The van der Waals surface area contributed by atoms with Gasteiger partial charge in [-0.2, -0.15) is 0 Å². The Kier molecular flexibility index (Phi) is 3.25. The van der Waals surface area contributed by atoms with Crippen molar-refractivity contribution in [2.45, 2.75) is 20.4 Å². The summed E-state index contributed by atoms with van der Waals surface area (Å²) in [5.41, 5.74) is 0.762. The minimum atomic E-state index is -0.120. The molecule has 70 valence electrons. The monoisotopic (exact) mass is 180 g/mol. The first-order chi connectivity index (χ1) is 6.24. The van der Waals surface area contributed by atoms with Gasteiger partial charge in [0.05, 0.1) is 6.54 Å². The van der Waals surface area contributed by atoms with Crippen molar-refractivity contribution in [3.05, 3.63) is 30.0 Å². The van der Waals surface area contributed by atoms with E-state index in [0.717, 1.165) is 11.5 Å². The zero-order valence-corrected chi connectivity index (χ0v) is 7.70. The van der Waals surface area contributed by atoms with Crippen LogP contribution in [0.5, 0.6) is 0 Å². The molecular formula is C9H12N2O2. The van der Waals surface area contributed by atoms with Crippen molar-refractivity contribution < 1.29 is 9.21 Å². The van der Waals surface area contributed by atoms with Crippen LogP contribution in [0.25, 0.3) is 0 Å². The van der Waals surface area contributed by atoms with Gasteiger partial charge in [-0.25, -0.2) is 4.98 Å². The second-order valence-corrected chi connectivity index (χ2v) is 2.57. The summed E-state index contributed by atoms with van der Waals surface area (Å²) in [4.78, 5) is 14.9. The fraction of sp³-hybridized carbons (Fsp3) is 0.333. The van der Waals surface area contributed by atoms with E-state index in [2.05, 4.69) is 10.3 Å². The van der Waals surface area contributed by atoms with Crippen LogP contribution in [0.2, 0.25) is 0 Å². The van der Waals surface area contributed by atoms with Crippen LogP contribution < -0.4 is 5.32 Å². The molecule has 4 heteroatoms. The summed E-state index contributed by atoms with van der Waals surface area (Å²) in [6.07, 6.45) is 4.52. The van der Waals surface area contributed by atoms with Crippen molar-refractivity contribution in [2.75, 3.05) is 0 Å². The lowest BCUT2D eigenvalue weighted by molar-refractivity contribution is -0.116. The predicted molar refractivity (Wildman–Crippen MR) is 47.9 cm³/mol. The maximum Gasteiger partial charge on any atom is 0.243 e. The van der Waals surface area contributed by atoms with Crippen molar-refractivity contribution in [1.82, 2.24) is 10.3 Å². The van der Waals surface area contributed by atoms with Crippen molar-refractivity contribution in [1.29, 1.82) is 0 Å². The quantitative estimate of drug-likeness (QED) is 0.710. The maximum atomic E-state index is 11.0. The van der Waals surface area contributed by atoms with Crippen LogP contribution in [-0.4, -0.2) is 10.9 Å². The molecule has 13 heavy (non-hydrogen) atoms. The summed E-state index contributed by atoms with van der Waals surface area (Å²) >= 11 is 0. The zero-order chi connectivity index (χ0) is 9.68. The molecule has 0 aliphatic rings. The maximum absolute atomic E-state index is 11.0. The van der Waals surface area contributed by atoms with Gasteiger partial charge in [0.15, 0.2) is 6.39 Å². The Balaban J connectivity index is 2.44.